The van der Waals surface area contributed by atoms with E-state index in [9.17, 15) is 4.79 Å². The normalized spacial score (nSPS) is 14.8. The van der Waals surface area contributed by atoms with Gasteiger partial charge in [0, 0.05) is 4.90 Å². The number of carbonyl (C=O) groups is 1. The van der Waals surface area contributed by atoms with Gasteiger partial charge in [-0.1, -0.05) is 35.9 Å². The summed E-state index contributed by atoms with van der Waals surface area (Å²) in [6, 6.07) is 15.1. The summed E-state index contributed by atoms with van der Waals surface area (Å²) in [5.41, 5.74) is 5.40. The Morgan fingerprint density at radius 1 is 1.08 bits per heavy atom. The maximum Gasteiger partial charge on any atom is 0.230 e. The predicted octanol–water partition coefficient (Wildman–Crippen LogP) is 4.84. The maximum atomic E-state index is 12.2. The molecule has 2 nitrogen and oxygen atoms in total. The molecule has 0 saturated heterocycles. The first kappa shape index (κ1) is 17.1. The van der Waals surface area contributed by atoms with Gasteiger partial charge in [-0.05, 0) is 68.4 Å². The molecule has 0 aliphatic heterocycles. The SMILES string of the molecule is Cc1ccc(SCC(=O)N[C@@H](C)c2ccc3c(c2)CCCC3)cc1. The van der Waals surface area contributed by atoms with Gasteiger partial charge >= 0.3 is 0 Å². The van der Waals surface area contributed by atoms with Crippen molar-refractivity contribution in [1.82, 2.24) is 5.32 Å². The Bertz CT molecular complexity index is 708. The van der Waals surface area contributed by atoms with Crippen molar-refractivity contribution in [2.24, 2.45) is 0 Å². The van der Waals surface area contributed by atoms with Crippen LogP contribution in [-0.2, 0) is 17.6 Å². The molecule has 1 N–H and O–H groups in total. The fraction of sp³-hybridized carbons (Fsp3) is 0.381. The van der Waals surface area contributed by atoms with E-state index >= 15 is 0 Å². The van der Waals surface area contributed by atoms with Crippen molar-refractivity contribution < 1.29 is 4.79 Å². The summed E-state index contributed by atoms with van der Waals surface area (Å²) in [7, 11) is 0. The van der Waals surface area contributed by atoms with E-state index in [1.165, 1.54) is 47.9 Å². The second kappa shape index (κ2) is 7.89. The third-order valence-corrected chi connectivity index (χ3v) is 5.65. The van der Waals surface area contributed by atoms with Gasteiger partial charge in [-0.15, -0.1) is 11.8 Å². The number of benzene rings is 2. The first-order valence-electron chi connectivity index (χ1n) is 8.72. The minimum absolute atomic E-state index is 0.0587. The Morgan fingerprint density at radius 3 is 2.54 bits per heavy atom. The molecule has 0 unspecified atom stereocenters. The van der Waals surface area contributed by atoms with Crippen molar-refractivity contribution in [2.45, 2.75) is 50.5 Å². The Kier molecular flexibility index (Phi) is 5.62. The smallest absolute Gasteiger partial charge is 0.230 e. The second-order valence-corrected chi connectivity index (χ2v) is 7.67. The van der Waals surface area contributed by atoms with Gasteiger partial charge < -0.3 is 5.32 Å². The van der Waals surface area contributed by atoms with E-state index in [0.29, 0.717) is 5.75 Å². The van der Waals surface area contributed by atoms with Crippen molar-refractivity contribution in [1.29, 1.82) is 0 Å². The minimum Gasteiger partial charge on any atom is -0.349 e. The quantitative estimate of drug-likeness (QED) is 0.790. The summed E-state index contributed by atoms with van der Waals surface area (Å²) in [4.78, 5) is 13.4. The molecule has 0 bridgehead atoms. The largest absolute Gasteiger partial charge is 0.349 e. The summed E-state index contributed by atoms with van der Waals surface area (Å²) >= 11 is 1.59. The highest BCUT2D eigenvalue weighted by atomic mass is 32.2. The molecular formula is C21H25NOS. The van der Waals surface area contributed by atoms with Gasteiger partial charge in [-0.3, -0.25) is 4.79 Å². The Balaban J connectivity index is 1.55. The number of rotatable bonds is 5. The van der Waals surface area contributed by atoms with Crippen molar-refractivity contribution >= 4 is 17.7 Å². The van der Waals surface area contributed by atoms with Crippen LogP contribution in [0, 0.1) is 6.92 Å². The molecule has 1 aliphatic rings. The highest BCUT2D eigenvalue weighted by Crippen LogP contribution is 2.25. The zero-order valence-corrected chi connectivity index (χ0v) is 15.3. The average Bonchev–Trinajstić information content (AvgIpc) is 2.61. The van der Waals surface area contributed by atoms with E-state index < -0.39 is 0 Å². The van der Waals surface area contributed by atoms with Crippen molar-refractivity contribution in [2.75, 3.05) is 5.75 Å². The lowest BCUT2D eigenvalue weighted by Crippen LogP contribution is -2.28. The molecule has 3 heteroatoms. The lowest BCUT2D eigenvalue weighted by molar-refractivity contribution is -0.119. The number of nitrogens with one attached hydrogen (secondary N) is 1. The zero-order chi connectivity index (χ0) is 16.9. The number of amides is 1. The van der Waals surface area contributed by atoms with Crippen LogP contribution in [0.2, 0.25) is 0 Å². The van der Waals surface area contributed by atoms with Crippen LogP contribution >= 0.6 is 11.8 Å². The summed E-state index contributed by atoms with van der Waals surface area (Å²) in [6.45, 7) is 4.14. The Hall–Kier alpha value is -1.74. The maximum absolute atomic E-state index is 12.2. The molecule has 0 heterocycles. The number of carbonyl (C=O) groups excluding carboxylic acids is 1. The monoisotopic (exact) mass is 339 g/mol. The minimum atomic E-state index is 0.0587. The number of thioether (sulfide) groups is 1. The van der Waals surface area contributed by atoms with Crippen molar-refractivity contribution in [3.8, 4) is 0 Å². The molecule has 1 amide bonds. The van der Waals surface area contributed by atoms with E-state index in [2.05, 4.69) is 61.6 Å². The van der Waals surface area contributed by atoms with Gasteiger partial charge in [0.15, 0.2) is 0 Å². The number of aryl methyl sites for hydroxylation is 3. The van der Waals surface area contributed by atoms with Crippen LogP contribution in [0.3, 0.4) is 0 Å². The van der Waals surface area contributed by atoms with E-state index in [4.69, 9.17) is 0 Å². The topological polar surface area (TPSA) is 29.1 Å². The third kappa shape index (κ3) is 4.41. The highest BCUT2D eigenvalue weighted by molar-refractivity contribution is 8.00. The summed E-state index contributed by atoms with van der Waals surface area (Å²) in [6.07, 6.45) is 4.95. The van der Waals surface area contributed by atoms with E-state index in [1.54, 1.807) is 11.8 Å². The van der Waals surface area contributed by atoms with Crippen LogP contribution < -0.4 is 5.32 Å². The fourth-order valence-corrected chi connectivity index (χ4v) is 3.88. The molecule has 1 aliphatic carbocycles. The van der Waals surface area contributed by atoms with Crippen LogP contribution in [0.5, 0.6) is 0 Å². The molecule has 0 radical (unpaired) electrons. The molecule has 0 spiro atoms. The van der Waals surface area contributed by atoms with Gasteiger partial charge in [-0.2, -0.15) is 0 Å². The van der Waals surface area contributed by atoms with Crippen LogP contribution in [-0.4, -0.2) is 11.7 Å². The Morgan fingerprint density at radius 2 is 1.79 bits per heavy atom. The fourth-order valence-electron chi connectivity index (χ4n) is 3.17. The van der Waals surface area contributed by atoms with E-state index in [0.717, 1.165) is 4.90 Å². The molecule has 0 fully saturated rings. The van der Waals surface area contributed by atoms with Gasteiger partial charge in [0.2, 0.25) is 5.91 Å². The zero-order valence-electron chi connectivity index (χ0n) is 14.5. The molecule has 126 valence electrons. The Labute approximate surface area is 149 Å². The first-order valence-corrected chi connectivity index (χ1v) is 9.71. The summed E-state index contributed by atoms with van der Waals surface area (Å²) in [5, 5.41) is 3.12. The molecule has 1 atom stereocenters. The third-order valence-electron chi connectivity index (χ3n) is 4.64. The molecule has 2 aromatic rings. The number of fused-ring (bicyclic) bond motifs is 1. The van der Waals surface area contributed by atoms with Gasteiger partial charge in [-0.25, -0.2) is 0 Å². The van der Waals surface area contributed by atoms with Gasteiger partial charge in [0.25, 0.3) is 0 Å². The molecule has 0 saturated carbocycles. The van der Waals surface area contributed by atoms with Gasteiger partial charge in [0.05, 0.1) is 11.8 Å². The average molecular weight is 340 g/mol. The summed E-state index contributed by atoms with van der Waals surface area (Å²) < 4.78 is 0. The van der Waals surface area contributed by atoms with Crippen LogP contribution in [0.15, 0.2) is 47.4 Å². The lowest BCUT2D eigenvalue weighted by Gasteiger charge is -2.20. The van der Waals surface area contributed by atoms with Crippen LogP contribution in [0.1, 0.15) is 48.1 Å². The van der Waals surface area contributed by atoms with E-state index in [1.807, 2.05) is 0 Å². The van der Waals surface area contributed by atoms with Crippen molar-refractivity contribution in [3.63, 3.8) is 0 Å². The van der Waals surface area contributed by atoms with E-state index in [-0.39, 0.29) is 11.9 Å². The highest BCUT2D eigenvalue weighted by Gasteiger charge is 2.14. The van der Waals surface area contributed by atoms with Crippen LogP contribution in [0.4, 0.5) is 0 Å². The summed E-state index contributed by atoms with van der Waals surface area (Å²) in [5.74, 6) is 0.545. The molecular weight excluding hydrogens is 314 g/mol. The number of hydrogen-bond donors (Lipinski definition) is 1. The number of hydrogen-bond acceptors (Lipinski definition) is 2. The second-order valence-electron chi connectivity index (χ2n) is 6.63. The van der Waals surface area contributed by atoms with Gasteiger partial charge in [0.1, 0.15) is 0 Å². The van der Waals surface area contributed by atoms with Crippen molar-refractivity contribution in [3.05, 3.63) is 64.7 Å². The lowest BCUT2D eigenvalue weighted by atomic mass is 9.89. The molecule has 3 rings (SSSR count). The molecule has 0 aromatic heterocycles. The molecule has 2 aromatic carbocycles. The first-order chi connectivity index (χ1) is 11.6. The van der Waals surface area contributed by atoms with Crippen LogP contribution in [0.25, 0.3) is 0 Å². The predicted molar refractivity (Wildman–Crippen MR) is 102 cm³/mol. The standard InChI is InChI=1S/C21H25NOS/c1-15-7-11-20(12-8-15)24-14-21(23)22-16(2)18-10-9-17-5-3-4-6-19(17)13-18/h7-13,16H,3-6,14H2,1-2H3,(H,22,23)/t16-/m0/s1. The molecule has 24 heavy (non-hydrogen) atoms.